The molecule has 1 aromatic heterocycles. The van der Waals surface area contributed by atoms with E-state index in [1.54, 1.807) is 0 Å². The molecule has 0 aliphatic heterocycles. The van der Waals surface area contributed by atoms with Crippen LogP contribution in [-0.2, 0) is 0 Å². The van der Waals surface area contributed by atoms with Gasteiger partial charge < -0.3 is 10.6 Å². The van der Waals surface area contributed by atoms with Crippen LogP contribution >= 0.6 is 11.6 Å². The van der Waals surface area contributed by atoms with Gasteiger partial charge in [-0.15, -0.1) is 0 Å². The number of hydrogen-bond donors (Lipinski definition) is 2. The summed E-state index contributed by atoms with van der Waals surface area (Å²) in [5, 5.41) is 12.0. The summed E-state index contributed by atoms with van der Waals surface area (Å²) in [7, 11) is 0. The van der Waals surface area contributed by atoms with Gasteiger partial charge in [0.25, 0.3) is 0 Å². The zero-order valence-corrected chi connectivity index (χ0v) is 17.0. The number of pyridine rings is 1. The van der Waals surface area contributed by atoms with Gasteiger partial charge in [0.1, 0.15) is 0 Å². The van der Waals surface area contributed by atoms with E-state index in [4.69, 9.17) is 11.6 Å². The van der Waals surface area contributed by atoms with Gasteiger partial charge in [-0.2, -0.15) is 0 Å². The smallest absolute Gasteiger partial charge is 0.0737 e. The van der Waals surface area contributed by atoms with E-state index in [0.29, 0.717) is 12.1 Å². The molecule has 0 unspecified atom stereocenters. The summed E-state index contributed by atoms with van der Waals surface area (Å²) in [6, 6.07) is 24.1. The van der Waals surface area contributed by atoms with Crippen molar-refractivity contribution < 1.29 is 0 Å². The number of fused-ring (bicyclic) bond motifs is 2. The molecule has 0 amide bonds. The Balaban J connectivity index is 1.25. The average Bonchev–Trinajstić information content (AvgIpc) is 2.75. The van der Waals surface area contributed by atoms with Gasteiger partial charge in [-0.3, -0.25) is 4.98 Å². The van der Waals surface area contributed by atoms with Crippen LogP contribution in [0.1, 0.15) is 25.7 Å². The molecule has 4 aromatic rings. The minimum Gasteiger partial charge on any atom is -0.382 e. The van der Waals surface area contributed by atoms with E-state index < -0.39 is 0 Å². The standard InChI is InChI=1S/C25H24ClN3/c26-18-8-13-22-24(14-15-27-25(22)16-18)29-20-11-9-19(10-12-20)28-23-7-3-5-17-4-1-2-6-21(17)23/h1-8,13-16,19-20,28H,9-12H2,(H,27,29). The predicted molar refractivity (Wildman–Crippen MR) is 124 cm³/mol. The van der Waals surface area contributed by atoms with Crippen molar-refractivity contribution in [3.05, 3.63) is 77.9 Å². The molecule has 0 spiro atoms. The van der Waals surface area contributed by atoms with Gasteiger partial charge in [0, 0.05) is 45.5 Å². The summed E-state index contributed by atoms with van der Waals surface area (Å²) < 4.78 is 0. The lowest BCUT2D eigenvalue weighted by Crippen LogP contribution is -2.32. The van der Waals surface area contributed by atoms with E-state index in [1.807, 2.05) is 18.3 Å². The molecule has 1 aliphatic carbocycles. The highest BCUT2D eigenvalue weighted by Gasteiger charge is 2.22. The second-order valence-electron chi connectivity index (χ2n) is 7.88. The largest absolute Gasteiger partial charge is 0.382 e. The number of nitrogens with one attached hydrogen (secondary N) is 2. The first-order chi connectivity index (χ1) is 14.3. The van der Waals surface area contributed by atoms with Crippen molar-refractivity contribution in [1.82, 2.24) is 4.98 Å². The van der Waals surface area contributed by atoms with Gasteiger partial charge in [0.05, 0.1) is 5.52 Å². The highest BCUT2D eigenvalue weighted by Crippen LogP contribution is 2.30. The molecule has 29 heavy (non-hydrogen) atoms. The molecular weight excluding hydrogens is 378 g/mol. The maximum atomic E-state index is 6.11. The Labute approximate surface area is 176 Å². The van der Waals surface area contributed by atoms with E-state index in [2.05, 4.69) is 70.2 Å². The van der Waals surface area contributed by atoms with Crippen LogP contribution in [0.15, 0.2) is 72.9 Å². The molecule has 0 bridgehead atoms. The number of halogens is 1. The number of rotatable bonds is 4. The fourth-order valence-electron chi connectivity index (χ4n) is 4.42. The van der Waals surface area contributed by atoms with E-state index >= 15 is 0 Å². The van der Waals surface area contributed by atoms with Crippen molar-refractivity contribution in [3.8, 4) is 0 Å². The Hall–Kier alpha value is -2.78. The van der Waals surface area contributed by atoms with Crippen LogP contribution in [0.25, 0.3) is 21.7 Å². The third-order valence-corrected chi connectivity index (χ3v) is 6.18. The average molecular weight is 402 g/mol. The fraction of sp³-hybridized carbons (Fsp3) is 0.240. The summed E-state index contributed by atoms with van der Waals surface area (Å²) in [4.78, 5) is 4.45. The molecule has 5 rings (SSSR count). The van der Waals surface area contributed by atoms with E-state index in [0.717, 1.165) is 47.3 Å². The van der Waals surface area contributed by atoms with Gasteiger partial charge in [0.15, 0.2) is 0 Å². The second-order valence-corrected chi connectivity index (χ2v) is 8.32. The molecule has 3 nitrogen and oxygen atoms in total. The SMILES string of the molecule is Clc1ccc2c(NC3CCC(Nc4cccc5ccccc45)CC3)ccnc2c1. The molecule has 1 fully saturated rings. The van der Waals surface area contributed by atoms with Crippen molar-refractivity contribution in [2.24, 2.45) is 0 Å². The molecule has 1 saturated carbocycles. The first-order valence-electron chi connectivity index (χ1n) is 10.3. The highest BCUT2D eigenvalue weighted by atomic mass is 35.5. The minimum atomic E-state index is 0.488. The van der Waals surface area contributed by atoms with Crippen LogP contribution < -0.4 is 10.6 Å². The van der Waals surface area contributed by atoms with Crippen molar-refractivity contribution >= 4 is 44.7 Å². The Morgan fingerprint density at radius 1 is 0.724 bits per heavy atom. The lowest BCUT2D eigenvalue weighted by atomic mass is 9.90. The number of aromatic nitrogens is 1. The van der Waals surface area contributed by atoms with Crippen molar-refractivity contribution in [2.75, 3.05) is 10.6 Å². The number of hydrogen-bond acceptors (Lipinski definition) is 3. The van der Waals surface area contributed by atoms with Crippen LogP contribution in [0.5, 0.6) is 0 Å². The van der Waals surface area contributed by atoms with Crippen molar-refractivity contribution in [2.45, 2.75) is 37.8 Å². The first kappa shape index (κ1) is 18.3. The Kier molecular flexibility index (Phi) is 4.99. The van der Waals surface area contributed by atoms with Crippen LogP contribution in [0.4, 0.5) is 11.4 Å². The predicted octanol–water partition coefficient (Wildman–Crippen LogP) is 6.88. The lowest BCUT2D eigenvalue weighted by Gasteiger charge is -2.31. The van der Waals surface area contributed by atoms with Gasteiger partial charge in [-0.25, -0.2) is 0 Å². The van der Waals surface area contributed by atoms with Crippen LogP contribution in [0.2, 0.25) is 5.02 Å². The molecule has 0 atom stereocenters. The molecule has 1 heterocycles. The van der Waals surface area contributed by atoms with Crippen LogP contribution in [0.3, 0.4) is 0 Å². The van der Waals surface area contributed by atoms with Gasteiger partial charge >= 0.3 is 0 Å². The Morgan fingerprint density at radius 3 is 2.21 bits per heavy atom. The van der Waals surface area contributed by atoms with E-state index in [9.17, 15) is 0 Å². The zero-order valence-electron chi connectivity index (χ0n) is 16.2. The first-order valence-corrected chi connectivity index (χ1v) is 10.7. The molecular formula is C25H24ClN3. The van der Waals surface area contributed by atoms with Crippen LogP contribution in [0, 0.1) is 0 Å². The molecule has 1 aliphatic rings. The maximum Gasteiger partial charge on any atom is 0.0737 e. The summed E-state index contributed by atoms with van der Waals surface area (Å²) in [5.74, 6) is 0. The number of benzene rings is 3. The number of anilines is 2. The quantitative estimate of drug-likeness (QED) is 0.391. The number of nitrogens with zero attached hydrogens (tertiary/aromatic N) is 1. The molecule has 3 aromatic carbocycles. The molecule has 0 saturated heterocycles. The van der Waals surface area contributed by atoms with Crippen LogP contribution in [-0.4, -0.2) is 17.1 Å². The molecule has 2 N–H and O–H groups in total. The van der Waals surface area contributed by atoms with Gasteiger partial charge in [-0.05, 0) is 61.4 Å². The summed E-state index contributed by atoms with van der Waals surface area (Å²) in [6.07, 6.45) is 6.49. The fourth-order valence-corrected chi connectivity index (χ4v) is 4.59. The van der Waals surface area contributed by atoms with Gasteiger partial charge in [-0.1, -0.05) is 48.0 Å². The molecule has 146 valence electrons. The summed E-state index contributed by atoms with van der Waals surface area (Å²) >= 11 is 6.11. The monoisotopic (exact) mass is 401 g/mol. The second kappa shape index (κ2) is 7.92. The van der Waals surface area contributed by atoms with Crippen molar-refractivity contribution in [1.29, 1.82) is 0 Å². The Bertz CT molecular complexity index is 1140. The highest BCUT2D eigenvalue weighted by molar-refractivity contribution is 6.31. The minimum absolute atomic E-state index is 0.488. The van der Waals surface area contributed by atoms with E-state index in [1.165, 1.54) is 16.5 Å². The topological polar surface area (TPSA) is 37.0 Å². The maximum absolute atomic E-state index is 6.11. The summed E-state index contributed by atoms with van der Waals surface area (Å²) in [6.45, 7) is 0. The molecule has 4 heteroatoms. The van der Waals surface area contributed by atoms with E-state index in [-0.39, 0.29) is 0 Å². The molecule has 0 radical (unpaired) electrons. The third kappa shape index (κ3) is 3.88. The Morgan fingerprint density at radius 2 is 1.41 bits per heavy atom. The lowest BCUT2D eigenvalue weighted by molar-refractivity contribution is 0.429. The van der Waals surface area contributed by atoms with Gasteiger partial charge in [0.2, 0.25) is 0 Å². The van der Waals surface area contributed by atoms with Crippen molar-refractivity contribution in [3.63, 3.8) is 0 Å². The third-order valence-electron chi connectivity index (χ3n) is 5.94. The zero-order chi connectivity index (χ0) is 19.6. The normalized spacial score (nSPS) is 19.3. The summed E-state index contributed by atoms with van der Waals surface area (Å²) in [5.41, 5.74) is 3.34.